The zero-order chi connectivity index (χ0) is 17.0. The summed E-state index contributed by atoms with van der Waals surface area (Å²) in [5.74, 6) is 0.828. The highest BCUT2D eigenvalue weighted by molar-refractivity contribution is 5.79. The van der Waals surface area contributed by atoms with Crippen LogP contribution in [0.4, 0.5) is 0 Å². The number of carbonyl (C=O) groups is 1. The average molecular weight is 331 g/mol. The lowest BCUT2D eigenvalue weighted by Crippen LogP contribution is -2.21. The minimum atomic E-state index is -0.124. The first-order chi connectivity index (χ1) is 12.2. The molecular formula is C19H17N5O. The van der Waals surface area contributed by atoms with Gasteiger partial charge in [-0.25, -0.2) is 9.97 Å². The molecule has 1 aliphatic heterocycles. The molecule has 0 bridgehead atoms. The fourth-order valence-corrected chi connectivity index (χ4v) is 3.80. The fourth-order valence-electron chi connectivity index (χ4n) is 3.80. The van der Waals surface area contributed by atoms with Crippen LogP contribution in [0.2, 0.25) is 0 Å². The molecule has 4 aromatic heterocycles. The van der Waals surface area contributed by atoms with Gasteiger partial charge >= 0.3 is 0 Å². The smallest absolute Gasteiger partial charge is 0.221 e. The Kier molecular flexibility index (Phi) is 2.94. The number of hydrogen-bond donors (Lipinski definition) is 1. The zero-order valence-corrected chi connectivity index (χ0v) is 13.8. The van der Waals surface area contributed by atoms with Crippen molar-refractivity contribution in [1.29, 1.82) is 0 Å². The van der Waals surface area contributed by atoms with Crippen LogP contribution >= 0.6 is 0 Å². The molecule has 6 heteroatoms. The van der Waals surface area contributed by atoms with Gasteiger partial charge in [-0.3, -0.25) is 4.79 Å². The number of nitrogens with zero attached hydrogens (tertiary/aromatic N) is 4. The molecule has 1 atom stereocenters. The van der Waals surface area contributed by atoms with Gasteiger partial charge in [0.15, 0.2) is 0 Å². The van der Waals surface area contributed by atoms with Crippen molar-refractivity contribution < 1.29 is 4.79 Å². The van der Waals surface area contributed by atoms with E-state index >= 15 is 0 Å². The third-order valence-electron chi connectivity index (χ3n) is 4.90. The minimum Gasteiger partial charge on any atom is -0.350 e. The fraction of sp³-hybridized carbons (Fsp3) is 0.211. The van der Waals surface area contributed by atoms with Crippen molar-refractivity contribution in [1.82, 2.24) is 24.1 Å². The summed E-state index contributed by atoms with van der Waals surface area (Å²) in [7, 11) is 0. The predicted octanol–water partition coefficient (Wildman–Crippen LogP) is 2.44. The topological polar surface area (TPSA) is 63.7 Å². The first kappa shape index (κ1) is 14.2. The van der Waals surface area contributed by atoms with E-state index in [-0.39, 0.29) is 11.8 Å². The van der Waals surface area contributed by atoms with Crippen LogP contribution in [0.1, 0.15) is 35.2 Å². The number of rotatable bonds is 1. The van der Waals surface area contributed by atoms with Gasteiger partial charge in [0.1, 0.15) is 11.5 Å². The Labute approximate surface area is 144 Å². The Bertz CT molecular complexity index is 1120. The highest BCUT2D eigenvalue weighted by Crippen LogP contribution is 2.35. The number of pyridine rings is 2. The molecule has 1 N–H and O–H groups in total. The molecule has 1 unspecified atom stereocenters. The number of nitrogens with one attached hydrogen (secondary N) is 1. The Morgan fingerprint density at radius 3 is 2.76 bits per heavy atom. The van der Waals surface area contributed by atoms with E-state index in [9.17, 15) is 4.79 Å². The summed E-state index contributed by atoms with van der Waals surface area (Å²) in [6.45, 7) is 2.44. The summed E-state index contributed by atoms with van der Waals surface area (Å²) in [5.41, 5.74) is 4.84. The standard InChI is InChI=1S/C19H17N5O/c1-12-21-18(15-6-2-4-8-23(12)15)13-10-17(25)20-11-14-19(13)24-9-5-3-7-16(24)22-14/h2-9,13H,10-11H2,1H3,(H,20,25). The molecule has 0 fully saturated rings. The summed E-state index contributed by atoms with van der Waals surface area (Å²) in [5, 5.41) is 2.97. The van der Waals surface area contributed by atoms with Gasteiger partial charge in [-0.15, -0.1) is 0 Å². The van der Waals surface area contributed by atoms with E-state index in [2.05, 4.69) is 20.2 Å². The Hall–Kier alpha value is -3.15. The maximum atomic E-state index is 12.3. The van der Waals surface area contributed by atoms with Gasteiger partial charge in [0.2, 0.25) is 5.91 Å². The summed E-state index contributed by atoms with van der Waals surface area (Å²) >= 11 is 0. The molecule has 0 aliphatic carbocycles. The van der Waals surface area contributed by atoms with E-state index in [1.807, 2.05) is 49.6 Å². The zero-order valence-electron chi connectivity index (χ0n) is 13.8. The van der Waals surface area contributed by atoms with Crippen LogP contribution in [0, 0.1) is 6.92 Å². The Morgan fingerprint density at radius 2 is 1.88 bits per heavy atom. The van der Waals surface area contributed by atoms with Gasteiger partial charge in [0, 0.05) is 18.8 Å². The molecule has 1 aliphatic rings. The molecule has 25 heavy (non-hydrogen) atoms. The van der Waals surface area contributed by atoms with Gasteiger partial charge in [0.25, 0.3) is 0 Å². The summed E-state index contributed by atoms with van der Waals surface area (Å²) in [6, 6.07) is 12.0. The second-order valence-corrected chi connectivity index (χ2v) is 6.41. The van der Waals surface area contributed by atoms with E-state index in [0.717, 1.165) is 34.1 Å². The predicted molar refractivity (Wildman–Crippen MR) is 93.4 cm³/mol. The first-order valence-corrected chi connectivity index (χ1v) is 8.38. The van der Waals surface area contributed by atoms with Gasteiger partial charge in [0.05, 0.1) is 35.1 Å². The third kappa shape index (κ3) is 2.07. The van der Waals surface area contributed by atoms with Crippen molar-refractivity contribution in [3.05, 3.63) is 71.7 Å². The normalized spacial score (nSPS) is 17.5. The van der Waals surface area contributed by atoms with Crippen LogP contribution in [0.25, 0.3) is 11.2 Å². The lowest BCUT2D eigenvalue weighted by atomic mass is 9.95. The second kappa shape index (κ2) is 5.17. The molecule has 0 radical (unpaired) electrons. The van der Waals surface area contributed by atoms with Crippen molar-refractivity contribution >= 4 is 17.1 Å². The van der Waals surface area contributed by atoms with E-state index in [4.69, 9.17) is 9.97 Å². The molecule has 1 amide bonds. The quantitative estimate of drug-likeness (QED) is 0.583. The van der Waals surface area contributed by atoms with Gasteiger partial charge in [-0.1, -0.05) is 12.1 Å². The first-order valence-electron chi connectivity index (χ1n) is 8.38. The Morgan fingerprint density at radius 1 is 1.08 bits per heavy atom. The van der Waals surface area contributed by atoms with Crippen molar-refractivity contribution in [3.63, 3.8) is 0 Å². The minimum absolute atomic E-state index is 0.0300. The third-order valence-corrected chi connectivity index (χ3v) is 4.90. The van der Waals surface area contributed by atoms with Gasteiger partial charge in [-0.05, 0) is 31.2 Å². The van der Waals surface area contributed by atoms with E-state index in [1.165, 1.54) is 0 Å². The lowest BCUT2D eigenvalue weighted by Gasteiger charge is -2.13. The van der Waals surface area contributed by atoms with E-state index < -0.39 is 0 Å². The monoisotopic (exact) mass is 331 g/mol. The largest absolute Gasteiger partial charge is 0.350 e. The summed E-state index contributed by atoms with van der Waals surface area (Å²) in [6.07, 6.45) is 4.39. The second-order valence-electron chi connectivity index (χ2n) is 6.41. The molecule has 4 aromatic rings. The van der Waals surface area contributed by atoms with Crippen LogP contribution in [-0.4, -0.2) is 24.7 Å². The highest BCUT2D eigenvalue weighted by Gasteiger charge is 2.31. The summed E-state index contributed by atoms with van der Waals surface area (Å²) in [4.78, 5) is 21.9. The number of aromatic nitrogens is 4. The van der Waals surface area contributed by atoms with Crippen LogP contribution in [-0.2, 0) is 11.3 Å². The molecule has 5 heterocycles. The SMILES string of the molecule is Cc1nc(C2CC(=O)NCc3nc4ccccn4c32)c2ccccn12. The molecular weight excluding hydrogens is 314 g/mol. The molecule has 0 aromatic carbocycles. The number of aryl methyl sites for hydroxylation is 1. The van der Waals surface area contributed by atoms with Crippen LogP contribution < -0.4 is 5.32 Å². The maximum absolute atomic E-state index is 12.3. The number of hydrogen-bond acceptors (Lipinski definition) is 3. The average Bonchev–Trinajstić information content (AvgIpc) is 3.11. The molecule has 5 rings (SSSR count). The van der Waals surface area contributed by atoms with Crippen molar-refractivity contribution in [2.75, 3.05) is 0 Å². The maximum Gasteiger partial charge on any atom is 0.221 e. The molecule has 0 saturated carbocycles. The van der Waals surface area contributed by atoms with Gasteiger partial charge in [-0.2, -0.15) is 0 Å². The molecule has 0 saturated heterocycles. The van der Waals surface area contributed by atoms with Gasteiger partial charge < -0.3 is 14.1 Å². The van der Waals surface area contributed by atoms with Crippen LogP contribution in [0.15, 0.2) is 48.8 Å². The number of amides is 1. The van der Waals surface area contributed by atoms with Crippen LogP contribution in [0.3, 0.4) is 0 Å². The molecule has 6 nitrogen and oxygen atoms in total. The summed E-state index contributed by atoms with van der Waals surface area (Å²) < 4.78 is 4.16. The molecule has 124 valence electrons. The number of imidazole rings is 2. The van der Waals surface area contributed by atoms with Crippen molar-refractivity contribution in [3.8, 4) is 0 Å². The number of fused-ring (bicyclic) bond motifs is 4. The Balaban J connectivity index is 1.81. The highest BCUT2D eigenvalue weighted by atomic mass is 16.1. The van der Waals surface area contributed by atoms with E-state index in [1.54, 1.807) is 0 Å². The molecule has 0 spiro atoms. The van der Waals surface area contributed by atoms with Crippen molar-refractivity contribution in [2.45, 2.75) is 25.8 Å². The van der Waals surface area contributed by atoms with Crippen LogP contribution in [0.5, 0.6) is 0 Å². The number of carbonyl (C=O) groups excluding carboxylic acids is 1. The lowest BCUT2D eigenvalue weighted by molar-refractivity contribution is -0.121. The van der Waals surface area contributed by atoms with Crippen molar-refractivity contribution in [2.24, 2.45) is 0 Å². The van der Waals surface area contributed by atoms with E-state index in [0.29, 0.717) is 13.0 Å².